The molecule has 0 spiro atoms. The second-order valence-electron chi connectivity index (χ2n) is 6.62. The molecular weight excluding hydrogens is 387 g/mol. The summed E-state index contributed by atoms with van der Waals surface area (Å²) >= 11 is 5.63. The molecule has 0 amide bonds. The quantitative estimate of drug-likeness (QED) is 0.296. The SMILES string of the molecule is CCCCCCCN=Cc1ccc(OCc2ccc(Cl)c(C(F)(F)F)c2)cc1. The first kappa shape index (κ1) is 22.3. The van der Waals surface area contributed by atoms with Gasteiger partial charge in [0.15, 0.2) is 0 Å². The number of rotatable bonds is 10. The maximum atomic E-state index is 12.9. The number of alkyl halides is 3. The van der Waals surface area contributed by atoms with E-state index in [1.54, 1.807) is 12.1 Å². The summed E-state index contributed by atoms with van der Waals surface area (Å²) < 4.78 is 44.3. The van der Waals surface area contributed by atoms with Gasteiger partial charge in [0.2, 0.25) is 0 Å². The molecule has 0 atom stereocenters. The molecule has 0 aliphatic heterocycles. The van der Waals surface area contributed by atoms with Crippen molar-refractivity contribution in [3.63, 3.8) is 0 Å². The van der Waals surface area contributed by atoms with Gasteiger partial charge < -0.3 is 4.74 Å². The minimum atomic E-state index is -4.48. The zero-order chi connectivity index (χ0) is 20.4. The van der Waals surface area contributed by atoms with Gasteiger partial charge in [0, 0.05) is 12.8 Å². The second kappa shape index (κ2) is 11.1. The standard InChI is InChI=1S/C22H25ClF3NO/c1-2-3-4-5-6-13-27-15-17-7-10-19(11-8-17)28-16-18-9-12-21(23)20(14-18)22(24,25)26/h7-12,14-15H,2-6,13,16H2,1H3. The van der Waals surface area contributed by atoms with Crippen molar-refractivity contribution in [1.82, 2.24) is 0 Å². The van der Waals surface area contributed by atoms with Crippen LogP contribution >= 0.6 is 11.6 Å². The van der Waals surface area contributed by atoms with Crippen LogP contribution in [0.1, 0.15) is 55.7 Å². The predicted molar refractivity (Wildman–Crippen MR) is 108 cm³/mol. The molecule has 0 heterocycles. The van der Waals surface area contributed by atoms with E-state index in [4.69, 9.17) is 16.3 Å². The topological polar surface area (TPSA) is 21.6 Å². The van der Waals surface area contributed by atoms with Crippen molar-refractivity contribution in [3.05, 3.63) is 64.2 Å². The summed E-state index contributed by atoms with van der Waals surface area (Å²) in [5.41, 5.74) is 0.522. The van der Waals surface area contributed by atoms with E-state index in [2.05, 4.69) is 11.9 Å². The highest BCUT2D eigenvalue weighted by atomic mass is 35.5. The minimum absolute atomic E-state index is 0.0332. The van der Waals surface area contributed by atoms with Crippen LogP contribution in [0.25, 0.3) is 0 Å². The van der Waals surface area contributed by atoms with Gasteiger partial charge in [0.05, 0.1) is 10.6 Å². The van der Waals surface area contributed by atoms with Crippen LogP contribution in [0, 0.1) is 0 Å². The Morgan fingerprint density at radius 1 is 1.00 bits per heavy atom. The molecule has 0 N–H and O–H groups in total. The highest BCUT2D eigenvalue weighted by molar-refractivity contribution is 6.31. The van der Waals surface area contributed by atoms with Crippen LogP contribution in [0.4, 0.5) is 13.2 Å². The van der Waals surface area contributed by atoms with Gasteiger partial charge >= 0.3 is 6.18 Å². The highest BCUT2D eigenvalue weighted by Crippen LogP contribution is 2.35. The fourth-order valence-corrected chi connectivity index (χ4v) is 2.90. The minimum Gasteiger partial charge on any atom is -0.489 e. The van der Waals surface area contributed by atoms with Crippen LogP contribution in [0.15, 0.2) is 47.5 Å². The normalized spacial score (nSPS) is 11.9. The Labute approximate surface area is 169 Å². The largest absolute Gasteiger partial charge is 0.489 e. The van der Waals surface area contributed by atoms with Crippen LogP contribution in [-0.2, 0) is 12.8 Å². The van der Waals surface area contributed by atoms with Crippen LogP contribution in [0.5, 0.6) is 5.75 Å². The van der Waals surface area contributed by atoms with Crippen molar-refractivity contribution in [2.75, 3.05) is 6.54 Å². The van der Waals surface area contributed by atoms with E-state index in [0.717, 1.165) is 24.6 Å². The molecule has 152 valence electrons. The Kier molecular flexibility index (Phi) is 8.84. The summed E-state index contributed by atoms with van der Waals surface area (Å²) in [5, 5.41) is -0.315. The molecule has 0 saturated heterocycles. The summed E-state index contributed by atoms with van der Waals surface area (Å²) in [4.78, 5) is 4.42. The summed E-state index contributed by atoms with van der Waals surface area (Å²) in [6, 6.07) is 11.1. The monoisotopic (exact) mass is 411 g/mol. The summed E-state index contributed by atoms with van der Waals surface area (Å²) in [6.07, 6.45) is 3.42. The lowest BCUT2D eigenvalue weighted by Crippen LogP contribution is -2.07. The van der Waals surface area contributed by atoms with Crippen molar-refractivity contribution >= 4 is 17.8 Å². The van der Waals surface area contributed by atoms with Gasteiger partial charge in [-0.3, -0.25) is 4.99 Å². The van der Waals surface area contributed by atoms with Gasteiger partial charge in [-0.15, -0.1) is 0 Å². The van der Waals surface area contributed by atoms with E-state index in [1.807, 2.05) is 18.3 Å². The molecule has 0 aromatic heterocycles. The third-order valence-electron chi connectivity index (χ3n) is 4.25. The first-order valence-corrected chi connectivity index (χ1v) is 9.86. The van der Waals surface area contributed by atoms with E-state index in [-0.39, 0.29) is 11.6 Å². The number of benzene rings is 2. The van der Waals surface area contributed by atoms with Crippen molar-refractivity contribution in [2.45, 2.75) is 51.8 Å². The molecule has 28 heavy (non-hydrogen) atoms. The van der Waals surface area contributed by atoms with Gasteiger partial charge in [-0.2, -0.15) is 13.2 Å². The Morgan fingerprint density at radius 2 is 1.71 bits per heavy atom. The van der Waals surface area contributed by atoms with E-state index in [1.165, 1.54) is 37.8 Å². The zero-order valence-electron chi connectivity index (χ0n) is 15.9. The molecule has 2 rings (SSSR count). The lowest BCUT2D eigenvalue weighted by molar-refractivity contribution is -0.137. The molecule has 0 fully saturated rings. The summed E-state index contributed by atoms with van der Waals surface area (Å²) in [7, 11) is 0. The fourth-order valence-electron chi connectivity index (χ4n) is 2.67. The molecule has 0 saturated carbocycles. The molecule has 0 radical (unpaired) electrons. The Morgan fingerprint density at radius 3 is 2.39 bits per heavy atom. The molecule has 2 aromatic rings. The zero-order valence-corrected chi connectivity index (χ0v) is 16.7. The van der Waals surface area contributed by atoms with E-state index in [9.17, 15) is 13.2 Å². The molecule has 0 aliphatic carbocycles. The van der Waals surface area contributed by atoms with E-state index in [0.29, 0.717) is 11.3 Å². The molecule has 6 heteroatoms. The molecular formula is C22H25ClF3NO. The number of ether oxygens (including phenoxy) is 1. The molecule has 2 aromatic carbocycles. The third-order valence-corrected chi connectivity index (χ3v) is 4.58. The fraction of sp³-hybridized carbons (Fsp3) is 0.409. The summed E-state index contributed by atoms with van der Waals surface area (Å²) in [5.74, 6) is 0.584. The Bertz CT molecular complexity index is 757. The third kappa shape index (κ3) is 7.55. The smallest absolute Gasteiger partial charge is 0.417 e. The average molecular weight is 412 g/mol. The van der Waals surface area contributed by atoms with Crippen LogP contribution < -0.4 is 4.74 Å². The van der Waals surface area contributed by atoms with Gasteiger partial charge in [0.25, 0.3) is 0 Å². The van der Waals surface area contributed by atoms with Gasteiger partial charge in [-0.05, 0) is 53.9 Å². The average Bonchev–Trinajstić information content (AvgIpc) is 2.66. The number of nitrogens with zero attached hydrogens (tertiary/aromatic N) is 1. The summed E-state index contributed by atoms with van der Waals surface area (Å²) in [6.45, 7) is 3.05. The lowest BCUT2D eigenvalue weighted by atomic mass is 10.1. The molecule has 0 unspecified atom stereocenters. The molecule has 2 nitrogen and oxygen atoms in total. The Balaban J connectivity index is 1.83. The second-order valence-corrected chi connectivity index (χ2v) is 7.03. The van der Waals surface area contributed by atoms with Crippen molar-refractivity contribution in [3.8, 4) is 5.75 Å². The van der Waals surface area contributed by atoms with Crippen LogP contribution in [0.3, 0.4) is 0 Å². The number of aliphatic imine (C=N–C) groups is 1. The van der Waals surface area contributed by atoms with Crippen molar-refractivity contribution in [2.24, 2.45) is 4.99 Å². The number of hydrogen-bond acceptors (Lipinski definition) is 2. The van der Waals surface area contributed by atoms with E-state index >= 15 is 0 Å². The number of halogens is 4. The predicted octanol–water partition coefficient (Wildman–Crippen LogP) is 7.33. The van der Waals surface area contributed by atoms with E-state index < -0.39 is 11.7 Å². The Hall–Kier alpha value is -2.01. The molecule has 0 bridgehead atoms. The van der Waals surface area contributed by atoms with Crippen LogP contribution in [0.2, 0.25) is 5.02 Å². The van der Waals surface area contributed by atoms with Crippen molar-refractivity contribution < 1.29 is 17.9 Å². The van der Waals surface area contributed by atoms with Crippen molar-refractivity contribution in [1.29, 1.82) is 0 Å². The molecule has 0 aliphatic rings. The maximum Gasteiger partial charge on any atom is 0.417 e. The number of unbranched alkanes of at least 4 members (excludes halogenated alkanes) is 4. The van der Waals surface area contributed by atoms with Gasteiger partial charge in [0.1, 0.15) is 12.4 Å². The van der Waals surface area contributed by atoms with Crippen LogP contribution in [-0.4, -0.2) is 12.8 Å². The van der Waals surface area contributed by atoms with Gasteiger partial charge in [-0.1, -0.05) is 50.3 Å². The maximum absolute atomic E-state index is 12.9. The van der Waals surface area contributed by atoms with Gasteiger partial charge in [-0.25, -0.2) is 0 Å². The number of hydrogen-bond donors (Lipinski definition) is 0. The first-order valence-electron chi connectivity index (χ1n) is 9.48. The first-order chi connectivity index (χ1) is 13.4. The lowest BCUT2D eigenvalue weighted by Gasteiger charge is -2.12. The highest BCUT2D eigenvalue weighted by Gasteiger charge is 2.33.